The SMILES string of the molecule is CC(C)c1ncc(C2CCCC2)cc1C(=O)O. The molecule has 1 aromatic rings. The van der Waals surface area contributed by atoms with Gasteiger partial charge in [-0.05, 0) is 36.3 Å². The summed E-state index contributed by atoms with van der Waals surface area (Å²) in [5, 5.41) is 9.24. The molecule has 2 rings (SSSR count). The molecular formula is C14H19NO2. The second kappa shape index (κ2) is 4.86. The van der Waals surface area contributed by atoms with E-state index < -0.39 is 5.97 Å². The van der Waals surface area contributed by atoms with Crippen LogP contribution in [0.2, 0.25) is 0 Å². The van der Waals surface area contributed by atoms with Crippen LogP contribution in [0.25, 0.3) is 0 Å². The van der Waals surface area contributed by atoms with Crippen LogP contribution in [0.4, 0.5) is 0 Å². The molecule has 0 radical (unpaired) electrons. The predicted octanol–water partition coefficient (Wildman–Crippen LogP) is 3.56. The Kier molecular flexibility index (Phi) is 3.46. The van der Waals surface area contributed by atoms with E-state index in [1.807, 2.05) is 26.1 Å². The normalized spacial score (nSPS) is 16.6. The highest BCUT2D eigenvalue weighted by molar-refractivity contribution is 5.89. The second-order valence-electron chi connectivity index (χ2n) is 5.14. The number of carboxylic acid groups (broad SMARTS) is 1. The minimum atomic E-state index is -0.860. The molecule has 0 saturated heterocycles. The van der Waals surface area contributed by atoms with Crippen LogP contribution in [0.1, 0.15) is 73.0 Å². The van der Waals surface area contributed by atoms with Gasteiger partial charge in [0.05, 0.1) is 11.3 Å². The molecule has 1 aliphatic carbocycles. The summed E-state index contributed by atoms with van der Waals surface area (Å²) in [6.07, 6.45) is 6.71. The molecule has 0 aliphatic heterocycles. The van der Waals surface area contributed by atoms with Gasteiger partial charge >= 0.3 is 5.97 Å². The highest BCUT2D eigenvalue weighted by Crippen LogP contribution is 2.34. The van der Waals surface area contributed by atoms with E-state index >= 15 is 0 Å². The third kappa shape index (κ3) is 2.48. The minimum Gasteiger partial charge on any atom is -0.478 e. The van der Waals surface area contributed by atoms with E-state index in [4.69, 9.17) is 0 Å². The van der Waals surface area contributed by atoms with E-state index in [0.29, 0.717) is 17.2 Å². The zero-order valence-electron chi connectivity index (χ0n) is 10.4. The maximum absolute atomic E-state index is 11.3. The van der Waals surface area contributed by atoms with Crippen molar-refractivity contribution < 1.29 is 9.90 Å². The molecular weight excluding hydrogens is 214 g/mol. The molecule has 1 heterocycles. The summed E-state index contributed by atoms with van der Waals surface area (Å²) in [6, 6.07) is 1.83. The van der Waals surface area contributed by atoms with Crippen molar-refractivity contribution in [1.82, 2.24) is 4.98 Å². The Morgan fingerprint density at radius 2 is 2.06 bits per heavy atom. The first-order valence-electron chi connectivity index (χ1n) is 6.32. The first-order chi connectivity index (χ1) is 8.09. The predicted molar refractivity (Wildman–Crippen MR) is 66.5 cm³/mol. The summed E-state index contributed by atoms with van der Waals surface area (Å²) in [6.45, 7) is 3.95. The zero-order valence-corrected chi connectivity index (χ0v) is 10.4. The number of aromatic carboxylic acids is 1. The Labute approximate surface area is 102 Å². The molecule has 1 saturated carbocycles. The number of rotatable bonds is 3. The second-order valence-corrected chi connectivity index (χ2v) is 5.14. The van der Waals surface area contributed by atoms with Gasteiger partial charge < -0.3 is 5.11 Å². The fourth-order valence-electron chi connectivity index (χ4n) is 2.61. The smallest absolute Gasteiger partial charge is 0.337 e. The van der Waals surface area contributed by atoms with Crippen molar-refractivity contribution in [2.45, 2.75) is 51.4 Å². The quantitative estimate of drug-likeness (QED) is 0.868. The van der Waals surface area contributed by atoms with E-state index in [1.165, 1.54) is 25.7 Å². The van der Waals surface area contributed by atoms with Crippen LogP contribution >= 0.6 is 0 Å². The van der Waals surface area contributed by atoms with Crippen molar-refractivity contribution in [2.24, 2.45) is 0 Å². The number of carboxylic acids is 1. The molecule has 1 aliphatic rings. The summed E-state index contributed by atoms with van der Waals surface area (Å²) in [5.41, 5.74) is 2.17. The van der Waals surface area contributed by atoms with Gasteiger partial charge in [0.15, 0.2) is 0 Å². The van der Waals surface area contributed by atoms with Gasteiger partial charge in [0, 0.05) is 6.20 Å². The lowest BCUT2D eigenvalue weighted by atomic mass is 9.95. The number of hydrogen-bond donors (Lipinski definition) is 1. The van der Waals surface area contributed by atoms with Crippen molar-refractivity contribution in [3.63, 3.8) is 0 Å². The molecule has 0 amide bonds. The molecule has 1 N–H and O–H groups in total. The Balaban J connectivity index is 2.37. The Morgan fingerprint density at radius 1 is 1.41 bits per heavy atom. The van der Waals surface area contributed by atoms with Gasteiger partial charge in [-0.3, -0.25) is 4.98 Å². The molecule has 1 aromatic heterocycles. The largest absolute Gasteiger partial charge is 0.478 e. The van der Waals surface area contributed by atoms with Crippen LogP contribution in [0.5, 0.6) is 0 Å². The lowest BCUT2D eigenvalue weighted by Gasteiger charge is -2.14. The molecule has 3 heteroatoms. The molecule has 3 nitrogen and oxygen atoms in total. The standard InChI is InChI=1S/C14H19NO2/c1-9(2)13-12(14(16)17)7-11(8-15-13)10-5-3-4-6-10/h7-10H,3-6H2,1-2H3,(H,16,17). The molecule has 0 bridgehead atoms. The van der Waals surface area contributed by atoms with Crippen molar-refractivity contribution in [3.8, 4) is 0 Å². The van der Waals surface area contributed by atoms with Gasteiger partial charge in [0.25, 0.3) is 0 Å². The Hall–Kier alpha value is -1.38. The fraction of sp³-hybridized carbons (Fsp3) is 0.571. The van der Waals surface area contributed by atoms with Crippen LogP contribution in [-0.4, -0.2) is 16.1 Å². The monoisotopic (exact) mass is 233 g/mol. The number of carbonyl (C=O) groups is 1. The van der Waals surface area contributed by atoms with Crippen LogP contribution < -0.4 is 0 Å². The molecule has 0 atom stereocenters. The number of aromatic nitrogens is 1. The number of hydrogen-bond acceptors (Lipinski definition) is 2. The Bertz CT molecular complexity index is 420. The van der Waals surface area contributed by atoms with Gasteiger partial charge in [0.1, 0.15) is 0 Å². The lowest BCUT2D eigenvalue weighted by molar-refractivity contribution is 0.0694. The van der Waals surface area contributed by atoms with E-state index in [1.54, 1.807) is 0 Å². The minimum absolute atomic E-state index is 0.152. The molecule has 0 spiro atoms. The van der Waals surface area contributed by atoms with E-state index in [9.17, 15) is 9.90 Å². The van der Waals surface area contributed by atoms with Gasteiger partial charge in [-0.15, -0.1) is 0 Å². The van der Waals surface area contributed by atoms with E-state index in [-0.39, 0.29) is 5.92 Å². The van der Waals surface area contributed by atoms with Crippen LogP contribution in [0.3, 0.4) is 0 Å². The van der Waals surface area contributed by atoms with Gasteiger partial charge in [-0.25, -0.2) is 4.79 Å². The van der Waals surface area contributed by atoms with Gasteiger partial charge in [-0.2, -0.15) is 0 Å². The summed E-state index contributed by atoms with van der Waals surface area (Å²) in [5.74, 6) is -0.193. The van der Waals surface area contributed by atoms with Crippen LogP contribution in [0, 0.1) is 0 Å². The van der Waals surface area contributed by atoms with E-state index in [2.05, 4.69) is 4.98 Å². The summed E-state index contributed by atoms with van der Waals surface area (Å²) < 4.78 is 0. The maximum Gasteiger partial charge on any atom is 0.337 e. The van der Waals surface area contributed by atoms with Gasteiger partial charge in [0.2, 0.25) is 0 Å². The van der Waals surface area contributed by atoms with Crippen molar-refractivity contribution in [2.75, 3.05) is 0 Å². The molecule has 0 aromatic carbocycles. The third-order valence-corrected chi connectivity index (χ3v) is 3.54. The first kappa shape index (κ1) is 12.1. The topological polar surface area (TPSA) is 50.2 Å². The third-order valence-electron chi connectivity index (χ3n) is 3.54. The zero-order chi connectivity index (χ0) is 12.4. The van der Waals surface area contributed by atoms with Crippen LogP contribution in [0.15, 0.2) is 12.3 Å². The first-order valence-corrected chi connectivity index (χ1v) is 6.32. The fourth-order valence-corrected chi connectivity index (χ4v) is 2.61. The van der Waals surface area contributed by atoms with E-state index in [0.717, 1.165) is 5.56 Å². The molecule has 0 unspecified atom stereocenters. The lowest BCUT2D eigenvalue weighted by Crippen LogP contribution is -2.08. The van der Waals surface area contributed by atoms with Crippen molar-refractivity contribution in [1.29, 1.82) is 0 Å². The van der Waals surface area contributed by atoms with Gasteiger partial charge in [-0.1, -0.05) is 26.7 Å². The molecule has 17 heavy (non-hydrogen) atoms. The highest BCUT2D eigenvalue weighted by atomic mass is 16.4. The Morgan fingerprint density at radius 3 is 2.59 bits per heavy atom. The van der Waals surface area contributed by atoms with Crippen LogP contribution in [-0.2, 0) is 0 Å². The average molecular weight is 233 g/mol. The highest BCUT2D eigenvalue weighted by Gasteiger charge is 2.21. The summed E-state index contributed by atoms with van der Waals surface area (Å²) in [7, 11) is 0. The molecule has 1 fully saturated rings. The maximum atomic E-state index is 11.3. The van der Waals surface area contributed by atoms with Crippen molar-refractivity contribution in [3.05, 3.63) is 29.1 Å². The summed E-state index contributed by atoms with van der Waals surface area (Å²) in [4.78, 5) is 15.6. The number of pyridine rings is 1. The number of nitrogens with zero attached hydrogens (tertiary/aromatic N) is 1. The average Bonchev–Trinajstić information content (AvgIpc) is 2.81. The van der Waals surface area contributed by atoms with Crippen molar-refractivity contribution >= 4 is 5.97 Å². The summed E-state index contributed by atoms with van der Waals surface area (Å²) >= 11 is 0. The molecule has 92 valence electrons.